The molecule has 0 bridgehead atoms. The van der Waals surface area contributed by atoms with E-state index in [0.717, 1.165) is 24.8 Å². The van der Waals surface area contributed by atoms with Crippen LogP contribution in [0.5, 0.6) is 0 Å². The Morgan fingerprint density at radius 3 is 2.60 bits per heavy atom. The molecular formula is C15H20Cl3NO. The molecule has 1 rings (SSSR count). The lowest BCUT2D eigenvalue weighted by molar-refractivity contribution is -0.120. The van der Waals surface area contributed by atoms with Crippen molar-refractivity contribution in [1.82, 2.24) is 5.32 Å². The quantitative estimate of drug-likeness (QED) is 0.685. The Labute approximate surface area is 135 Å². The summed E-state index contributed by atoms with van der Waals surface area (Å²) in [5, 5.41) is 3.94. The summed E-state index contributed by atoms with van der Waals surface area (Å²) < 4.78 is 0. The Morgan fingerprint density at radius 1 is 1.25 bits per heavy atom. The molecule has 1 unspecified atom stereocenters. The van der Waals surface area contributed by atoms with Gasteiger partial charge in [0.25, 0.3) is 0 Å². The molecule has 0 aliphatic rings. The highest BCUT2D eigenvalue weighted by Crippen LogP contribution is 2.22. The number of rotatable bonds is 8. The van der Waals surface area contributed by atoms with Crippen molar-refractivity contribution < 1.29 is 4.79 Å². The third-order valence-electron chi connectivity index (χ3n) is 3.15. The van der Waals surface area contributed by atoms with Crippen LogP contribution in [-0.4, -0.2) is 18.3 Å². The number of hydrogen-bond acceptors (Lipinski definition) is 1. The molecule has 1 aromatic carbocycles. The fourth-order valence-electron chi connectivity index (χ4n) is 2.07. The molecule has 0 aromatic heterocycles. The summed E-state index contributed by atoms with van der Waals surface area (Å²) in [5.74, 6) is 1.09. The van der Waals surface area contributed by atoms with Crippen LogP contribution in [0.1, 0.15) is 31.7 Å². The van der Waals surface area contributed by atoms with Crippen molar-refractivity contribution in [3.63, 3.8) is 0 Å². The summed E-state index contributed by atoms with van der Waals surface area (Å²) in [6.45, 7) is 2.82. The Hall–Kier alpha value is -0.440. The average molecular weight is 337 g/mol. The van der Waals surface area contributed by atoms with E-state index >= 15 is 0 Å². The molecular weight excluding hydrogens is 317 g/mol. The van der Waals surface area contributed by atoms with Gasteiger partial charge in [-0.05, 0) is 36.5 Å². The van der Waals surface area contributed by atoms with Gasteiger partial charge in [-0.25, -0.2) is 0 Å². The standard InChI is InChI=1S/C15H20Cl3NO/c1-2-3-11(6-7-16)10-19-15(20)9-12-4-5-13(17)14(18)8-12/h4-5,8,11H,2-3,6-7,9-10H2,1H3,(H,19,20). The van der Waals surface area contributed by atoms with Crippen molar-refractivity contribution >= 4 is 40.7 Å². The Morgan fingerprint density at radius 2 is 2.00 bits per heavy atom. The maximum absolute atomic E-state index is 11.9. The van der Waals surface area contributed by atoms with Crippen LogP contribution >= 0.6 is 34.8 Å². The summed E-state index contributed by atoms with van der Waals surface area (Å²) in [5.41, 5.74) is 0.862. The number of hydrogen-bond donors (Lipinski definition) is 1. The van der Waals surface area contributed by atoms with Crippen molar-refractivity contribution in [3.8, 4) is 0 Å². The highest BCUT2D eigenvalue weighted by Gasteiger charge is 2.10. The summed E-state index contributed by atoms with van der Waals surface area (Å²) in [7, 11) is 0. The Kier molecular flexibility index (Phi) is 8.35. The van der Waals surface area contributed by atoms with Gasteiger partial charge < -0.3 is 5.32 Å². The molecule has 5 heteroatoms. The molecule has 112 valence electrons. The van der Waals surface area contributed by atoms with Crippen LogP contribution in [0.4, 0.5) is 0 Å². The molecule has 0 saturated carbocycles. The van der Waals surface area contributed by atoms with Crippen LogP contribution in [0.25, 0.3) is 0 Å². The molecule has 20 heavy (non-hydrogen) atoms. The lowest BCUT2D eigenvalue weighted by atomic mass is 10.0. The molecule has 0 fully saturated rings. The van der Waals surface area contributed by atoms with Gasteiger partial charge in [0.2, 0.25) is 5.91 Å². The fraction of sp³-hybridized carbons (Fsp3) is 0.533. The average Bonchev–Trinajstić information content (AvgIpc) is 2.41. The monoisotopic (exact) mass is 335 g/mol. The molecule has 2 nitrogen and oxygen atoms in total. The van der Waals surface area contributed by atoms with Gasteiger partial charge in [0.05, 0.1) is 16.5 Å². The maximum atomic E-state index is 11.9. The minimum Gasteiger partial charge on any atom is -0.356 e. The van der Waals surface area contributed by atoms with E-state index in [2.05, 4.69) is 12.2 Å². The Bertz CT molecular complexity index is 431. The first-order valence-corrected chi connectivity index (χ1v) is 8.12. The first kappa shape index (κ1) is 17.6. The van der Waals surface area contributed by atoms with Gasteiger partial charge in [0.15, 0.2) is 0 Å². The van der Waals surface area contributed by atoms with Crippen LogP contribution in [-0.2, 0) is 11.2 Å². The lowest BCUT2D eigenvalue weighted by Gasteiger charge is -2.15. The molecule has 1 atom stereocenters. The van der Waals surface area contributed by atoms with Crippen molar-refractivity contribution in [1.29, 1.82) is 0 Å². The van der Waals surface area contributed by atoms with Gasteiger partial charge in [-0.15, -0.1) is 11.6 Å². The third-order valence-corrected chi connectivity index (χ3v) is 4.11. The highest BCUT2D eigenvalue weighted by atomic mass is 35.5. The lowest BCUT2D eigenvalue weighted by Crippen LogP contribution is -2.30. The van der Waals surface area contributed by atoms with Crippen LogP contribution in [0, 0.1) is 5.92 Å². The summed E-state index contributed by atoms with van der Waals surface area (Å²) in [6.07, 6.45) is 3.43. The molecule has 1 N–H and O–H groups in total. The summed E-state index contributed by atoms with van der Waals surface area (Å²) in [4.78, 5) is 11.9. The zero-order valence-electron chi connectivity index (χ0n) is 11.6. The first-order chi connectivity index (χ1) is 9.56. The first-order valence-electron chi connectivity index (χ1n) is 6.83. The van der Waals surface area contributed by atoms with E-state index < -0.39 is 0 Å². The number of carbonyl (C=O) groups excluding carboxylic acids is 1. The van der Waals surface area contributed by atoms with E-state index in [1.54, 1.807) is 12.1 Å². The van der Waals surface area contributed by atoms with Gasteiger partial charge >= 0.3 is 0 Å². The molecule has 0 heterocycles. The highest BCUT2D eigenvalue weighted by molar-refractivity contribution is 6.42. The zero-order chi connectivity index (χ0) is 15.0. The second-order valence-electron chi connectivity index (χ2n) is 4.86. The van der Waals surface area contributed by atoms with Crippen LogP contribution < -0.4 is 5.32 Å². The number of halogens is 3. The van der Waals surface area contributed by atoms with E-state index in [4.69, 9.17) is 34.8 Å². The maximum Gasteiger partial charge on any atom is 0.224 e. The van der Waals surface area contributed by atoms with Gasteiger partial charge in [0.1, 0.15) is 0 Å². The van der Waals surface area contributed by atoms with E-state index in [0.29, 0.717) is 34.8 Å². The van der Waals surface area contributed by atoms with E-state index in [1.807, 2.05) is 6.07 Å². The van der Waals surface area contributed by atoms with E-state index in [1.165, 1.54) is 0 Å². The molecule has 0 radical (unpaired) electrons. The van der Waals surface area contributed by atoms with Crippen molar-refractivity contribution in [2.75, 3.05) is 12.4 Å². The minimum atomic E-state index is -0.000866. The van der Waals surface area contributed by atoms with Crippen LogP contribution in [0.2, 0.25) is 10.0 Å². The van der Waals surface area contributed by atoms with Crippen molar-refractivity contribution in [3.05, 3.63) is 33.8 Å². The number of amides is 1. The smallest absolute Gasteiger partial charge is 0.224 e. The normalized spacial score (nSPS) is 12.2. The minimum absolute atomic E-state index is 0.000866. The number of benzene rings is 1. The van der Waals surface area contributed by atoms with Crippen molar-refractivity contribution in [2.24, 2.45) is 5.92 Å². The second-order valence-corrected chi connectivity index (χ2v) is 6.05. The van der Waals surface area contributed by atoms with Gasteiger partial charge in [-0.2, -0.15) is 0 Å². The van der Waals surface area contributed by atoms with Crippen LogP contribution in [0.15, 0.2) is 18.2 Å². The number of nitrogens with one attached hydrogen (secondary N) is 1. The van der Waals surface area contributed by atoms with E-state index in [9.17, 15) is 4.79 Å². The van der Waals surface area contributed by atoms with Crippen LogP contribution in [0.3, 0.4) is 0 Å². The molecule has 0 spiro atoms. The summed E-state index contributed by atoms with van der Waals surface area (Å²) >= 11 is 17.5. The Balaban J connectivity index is 2.44. The molecule has 0 aliphatic heterocycles. The van der Waals surface area contributed by atoms with Crippen molar-refractivity contribution in [2.45, 2.75) is 32.6 Å². The molecule has 0 aliphatic carbocycles. The predicted molar refractivity (Wildman–Crippen MR) is 86.9 cm³/mol. The molecule has 1 amide bonds. The molecule has 1 aromatic rings. The summed E-state index contributed by atoms with van der Waals surface area (Å²) in [6, 6.07) is 5.25. The predicted octanol–water partition coefficient (Wildman–Crippen LogP) is 4.70. The molecule has 0 saturated heterocycles. The van der Waals surface area contributed by atoms with Gasteiger partial charge in [-0.1, -0.05) is 42.6 Å². The number of alkyl halides is 1. The third kappa shape index (κ3) is 6.34. The SMILES string of the molecule is CCCC(CCCl)CNC(=O)Cc1ccc(Cl)c(Cl)c1. The van der Waals surface area contributed by atoms with Gasteiger partial charge in [-0.3, -0.25) is 4.79 Å². The topological polar surface area (TPSA) is 29.1 Å². The largest absolute Gasteiger partial charge is 0.356 e. The second kappa shape index (κ2) is 9.49. The van der Waals surface area contributed by atoms with E-state index in [-0.39, 0.29) is 5.91 Å². The number of carbonyl (C=O) groups is 1. The fourth-order valence-corrected chi connectivity index (χ4v) is 2.70. The zero-order valence-corrected chi connectivity index (χ0v) is 13.9. The van der Waals surface area contributed by atoms with Gasteiger partial charge in [0, 0.05) is 12.4 Å².